The first kappa shape index (κ1) is 12.6. The predicted octanol–water partition coefficient (Wildman–Crippen LogP) is 4.03. The number of hydrogen-bond donors (Lipinski definition) is 1. The second-order valence-corrected chi connectivity index (χ2v) is 6.79. The second kappa shape index (κ2) is 6.14. The van der Waals surface area contributed by atoms with Crippen molar-refractivity contribution in [2.24, 2.45) is 0 Å². The fourth-order valence-corrected chi connectivity index (χ4v) is 3.82. The van der Waals surface area contributed by atoms with Crippen LogP contribution in [0, 0.1) is 0 Å². The van der Waals surface area contributed by atoms with Crippen LogP contribution in [0.3, 0.4) is 0 Å². The summed E-state index contributed by atoms with van der Waals surface area (Å²) in [5.41, 5.74) is 2.87. The number of nitrogens with one attached hydrogen (secondary N) is 1. The Labute approximate surface area is 122 Å². The first-order valence-corrected chi connectivity index (χ1v) is 8.24. The maximum atomic E-state index is 4.16. The Bertz CT molecular complexity index is 621. The van der Waals surface area contributed by atoms with Gasteiger partial charge in [-0.2, -0.15) is 0 Å². The summed E-state index contributed by atoms with van der Waals surface area (Å²) in [6, 6.07) is 9.98. The smallest absolute Gasteiger partial charge is 0.210 e. The minimum absolute atomic E-state index is 0.818. The van der Waals surface area contributed by atoms with E-state index in [0.717, 1.165) is 20.9 Å². The zero-order chi connectivity index (χ0) is 12.9. The molecule has 0 spiro atoms. The lowest BCUT2D eigenvalue weighted by atomic mass is 10.3. The lowest BCUT2D eigenvalue weighted by molar-refractivity contribution is 1.01. The molecule has 0 bridgehead atoms. The molecule has 0 fully saturated rings. The highest BCUT2D eigenvalue weighted by atomic mass is 32.2. The van der Waals surface area contributed by atoms with E-state index in [1.54, 1.807) is 34.4 Å². The van der Waals surface area contributed by atoms with Crippen molar-refractivity contribution in [1.82, 2.24) is 15.2 Å². The summed E-state index contributed by atoms with van der Waals surface area (Å²) in [7, 11) is 0. The Morgan fingerprint density at radius 3 is 2.84 bits per heavy atom. The molecule has 1 aromatic carbocycles. The van der Waals surface area contributed by atoms with Crippen molar-refractivity contribution >= 4 is 45.3 Å². The molecule has 0 radical (unpaired) electrons. The number of thioether (sulfide) groups is 1. The van der Waals surface area contributed by atoms with Crippen LogP contribution in [-0.2, 0) is 5.75 Å². The molecular weight excluding hydrogens is 296 g/mol. The van der Waals surface area contributed by atoms with Crippen molar-refractivity contribution in [1.29, 1.82) is 0 Å². The first-order chi connectivity index (χ1) is 9.40. The Morgan fingerprint density at radius 2 is 2.05 bits per heavy atom. The van der Waals surface area contributed by atoms with Gasteiger partial charge in [-0.05, 0) is 12.1 Å². The van der Waals surface area contributed by atoms with Gasteiger partial charge in [0, 0.05) is 22.5 Å². The quantitative estimate of drug-likeness (QED) is 0.721. The monoisotopic (exact) mass is 306 g/mol. The average molecular weight is 306 g/mol. The number of thiazole rings is 1. The van der Waals surface area contributed by atoms with Gasteiger partial charge >= 0.3 is 0 Å². The SMILES string of the molecule is c1ccc(Nc2nnc(SCc3cncs3)s2)cc1. The molecule has 19 heavy (non-hydrogen) atoms. The zero-order valence-electron chi connectivity index (χ0n) is 9.81. The van der Waals surface area contributed by atoms with E-state index >= 15 is 0 Å². The second-order valence-electron chi connectivity index (χ2n) is 3.62. The zero-order valence-corrected chi connectivity index (χ0v) is 12.3. The molecule has 0 unspecified atom stereocenters. The third-order valence-electron chi connectivity index (χ3n) is 2.25. The average Bonchev–Trinajstić information content (AvgIpc) is 3.09. The van der Waals surface area contributed by atoms with Gasteiger partial charge in [-0.3, -0.25) is 4.98 Å². The van der Waals surface area contributed by atoms with Crippen LogP contribution in [0.1, 0.15) is 4.88 Å². The Balaban J connectivity index is 1.60. The van der Waals surface area contributed by atoms with Crippen molar-refractivity contribution in [2.45, 2.75) is 10.1 Å². The van der Waals surface area contributed by atoms with Gasteiger partial charge in [0.2, 0.25) is 5.13 Å². The molecule has 1 N–H and O–H groups in total. The number of rotatable bonds is 5. The number of hydrogen-bond acceptors (Lipinski definition) is 7. The van der Waals surface area contributed by atoms with Crippen LogP contribution < -0.4 is 5.32 Å². The van der Waals surface area contributed by atoms with E-state index in [1.807, 2.05) is 42.0 Å². The van der Waals surface area contributed by atoms with Gasteiger partial charge in [0.15, 0.2) is 4.34 Å². The molecule has 2 aromatic heterocycles. The van der Waals surface area contributed by atoms with Crippen LogP contribution in [0.25, 0.3) is 0 Å². The standard InChI is InChI=1S/C12H10N4S3/c1-2-4-9(5-3-1)14-11-15-16-12(19-11)17-7-10-6-13-8-18-10/h1-6,8H,7H2,(H,14,15). The molecular formula is C12H10N4S3. The van der Waals surface area contributed by atoms with Gasteiger partial charge in [0.05, 0.1) is 5.51 Å². The highest BCUT2D eigenvalue weighted by molar-refractivity contribution is 8.00. The molecule has 2 heterocycles. The molecule has 96 valence electrons. The van der Waals surface area contributed by atoms with Crippen LogP contribution in [-0.4, -0.2) is 15.2 Å². The largest absolute Gasteiger partial charge is 0.330 e. The maximum absolute atomic E-state index is 4.16. The minimum Gasteiger partial charge on any atom is -0.330 e. The van der Waals surface area contributed by atoms with Gasteiger partial charge in [0.1, 0.15) is 0 Å². The van der Waals surface area contributed by atoms with Gasteiger partial charge < -0.3 is 5.32 Å². The highest BCUT2D eigenvalue weighted by Crippen LogP contribution is 2.30. The number of aromatic nitrogens is 3. The van der Waals surface area contributed by atoms with Crippen LogP contribution >= 0.6 is 34.4 Å². The molecule has 3 aromatic rings. The van der Waals surface area contributed by atoms with E-state index in [9.17, 15) is 0 Å². The van der Waals surface area contributed by atoms with Crippen molar-refractivity contribution < 1.29 is 0 Å². The summed E-state index contributed by atoms with van der Waals surface area (Å²) < 4.78 is 0.965. The number of benzene rings is 1. The first-order valence-electron chi connectivity index (χ1n) is 5.56. The van der Waals surface area contributed by atoms with Gasteiger partial charge in [-0.15, -0.1) is 21.5 Å². The van der Waals surface area contributed by atoms with E-state index in [1.165, 1.54) is 4.88 Å². The number of para-hydroxylation sites is 1. The summed E-state index contributed by atoms with van der Waals surface area (Å²) in [6.07, 6.45) is 1.89. The summed E-state index contributed by atoms with van der Waals surface area (Å²) in [6.45, 7) is 0. The van der Waals surface area contributed by atoms with E-state index in [0.29, 0.717) is 0 Å². The van der Waals surface area contributed by atoms with Crippen molar-refractivity contribution in [2.75, 3.05) is 5.32 Å². The molecule has 0 atom stereocenters. The molecule has 3 rings (SSSR count). The Kier molecular flexibility index (Phi) is 4.07. The summed E-state index contributed by atoms with van der Waals surface area (Å²) in [5.74, 6) is 0.893. The van der Waals surface area contributed by atoms with Gasteiger partial charge in [0.25, 0.3) is 0 Å². The Morgan fingerprint density at radius 1 is 1.16 bits per heavy atom. The van der Waals surface area contributed by atoms with Gasteiger partial charge in [-0.25, -0.2) is 0 Å². The normalized spacial score (nSPS) is 10.5. The van der Waals surface area contributed by atoms with E-state index < -0.39 is 0 Å². The van der Waals surface area contributed by atoms with Crippen LogP contribution in [0.15, 0.2) is 46.4 Å². The lowest BCUT2D eigenvalue weighted by Gasteiger charge is -1.99. The van der Waals surface area contributed by atoms with Gasteiger partial charge in [-0.1, -0.05) is 41.3 Å². The summed E-state index contributed by atoms with van der Waals surface area (Å²) in [5, 5.41) is 12.4. The molecule has 0 aliphatic heterocycles. The molecule has 7 heteroatoms. The maximum Gasteiger partial charge on any atom is 0.210 e. The molecule has 0 saturated carbocycles. The predicted molar refractivity (Wildman–Crippen MR) is 81.3 cm³/mol. The lowest BCUT2D eigenvalue weighted by Crippen LogP contribution is -1.87. The van der Waals surface area contributed by atoms with E-state index in [4.69, 9.17) is 0 Å². The molecule has 0 aliphatic carbocycles. The van der Waals surface area contributed by atoms with Crippen LogP contribution in [0.4, 0.5) is 10.8 Å². The van der Waals surface area contributed by atoms with Crippen LogP contribution in [0.5, 0.6) is 0 Å². The fourth-order valence-electron chi connectivity index (χ4n) is 1.41. The molecule has 0 amide bonds. The van der Waals surface area contributed by atoms with Crippen molar-refractivity contribution in [3.8, 4) is 0 Å². The van der Waals surface area contributed by atoms with E-state index in [2.05, 4.69) is 20.5 Å². The molecule has 0 aliphatic rings. The summed E-state index contributed by atoms with van der Waals surface area (Å²) in [4.78, 5) is 5.30. The van der Waals surface area contributed by atoms with Crippen molar-refractivity contribution in [3.63, 3.8) is 0 Å². The molecule has 0 saturated heterocycles. The number of nitrogens with zero attached hydrogens (tertiary/aromatic N) is 3. The van der Waals surface area contributed by atoms with E-state index in [-0.39, 0.29) is 0 Å². The van der Waals surface area contributed by atoms with Crippen LogP contribution in [0.2, 0.25) is 0 Å². The van der Waals surface area contributed by atoms with Crippen molar-refractivity contribution in [3.05, 3.63) is 46.9 Å². The Hall–Kier alpha value is -1.44. The summed E-state index contributed by atoms with van der Waals surface area (Å²) >= 11 is 4.91. The topological polar surface area (TPSA) is 50.7 Å². The third kappa shape index (κ3) is 3.52. The highest BCUT2D eigenvalue weighted by Gasteiger charge is 2.06. The third-order valence-corrected chi connectivity index (χ3v) is 5.24. The number of anilines is 2. The molecule has 4 nitrogen and oxygen atoms in total. The fraction of sp³-hybridized carbons (Fsp3) is 0.0833. The minimum atomic E-state index is 0.818.